The molecule has 1 saturated heterocycles. The number of urea groups is 1. The third kappa shape index (κ3) is 4.26. The highest BCUT2D eigenvalue weighted by atomic mass is 16.2. The molecule has 1 heterocycles. The van der Waals surface area contributed by atoms with Crippen LogP contribution in [0.4, 0.5) is 16.2 Å². The fourth-order valence-corrected chi connectivity index (χ4v) is 2.18. The van der Waals surface area contributed by atoms with Gasteiger partial charge in [-0.1, -0.05) is 6.07 Å². The molecular weight excluding hydrogens is 244 g/mol. The lowest BCUT2D eigenvalue weighted by molar-refractivity contribution is -0.116. The first-order chi connectivity index (χ1) is 9.13. The maximum atomic E-state index is 11.9. The van der Waals surface area contributed by atoms with Gasteiger partial charge in [0.1, 0.15) is 0 Å². The molecule has 102 valence electrons. The molecular formula is C13H18N4O2. The molecule has 0 spiro atoms. The second-order valence-corrected chi connectivity index (χ2v) is 4.68. The third-order valence-electron chi connectivity index (χ3n) is 3.05. The fourth-order valence-electron chi connectivity index (χ4n) is 2.18. The molecule has 0 aliphatic carbocycles. The van der Waals surface area contributed by atoms with E-state index in [1.165, 1.54) is 0 Å². The lowest BCUT2D eigenvalue weighted by Gasteiger charge is -2.10. The van der Waals surface area contributed by atoms with Crippen LogP contribution in [0.2, 0.25) is 0 Å². The SMILES string of the molecule is NC(=O)Nc1cccc(NC(=O)CC2CCNC2)c1. The molecule has 0 bridgehead atoms. The average Bonchev–Trinajstić information content (AvgIpc) is 2.81. The molecule has 1 aromatic carbocycles. The van der Waals surface area contributed by atoms with E-state index in [1.54, 1.807) is 24.3 Å². The summed E-state index contributed by atoms with van der Waals surface area (Å²) in [7, 11) is 0. The van der Waals surface area contributed by atoms with Crippen LogP contribution in [0.25, 0.3) is 0 Å². The van der Waals surface area contributed by atoms with Crippen LogP contribution < -0.4 is 21.7 Å². The second kappa shape index (κ2) is 6.19. The van der Waals surface area contributed by atoms with Crippen molar-refractivity contribution >= 4 is 23.3 Å². The number of hydrogen-bond acceptors (Lipinski definition) is 3. The molecule has 3 amide bonds. The zero-order chi connectivity index (χ0) is 13.7. The van der Waals surface area contributed by atoms with Gasteiger partial charge in [0.25, 0.3) is 0 Å². The molecule has 0 radical (unpaired) electrons. The van der Waals surface area contributed by atoms with E-state index in [1.807, 2.05) is 0 Å². The molecule has 1 aliphatic rings. The summed E-state index contributed by atoms with van der Waals surface area (Å²) in [5, 5.41) is 8.52. The average molecular weight is 262 g/mol. The van der Waals surface area contributed by atoms with E-state index in [-0.39, 0.29) is 5.91 Å². The van der Waals surface area contributed by atoms with Gasteiger partial charge in [-0.3, -0.25) is 4.79 Å². The number of hydrogen-bond donors (Lipinski definition) is 4. The van der Waals surface area contributed by atoms with Crippen LogP contribution >= 0.6 is 0 Å². The zero-order valence-corrected chi connectivity index (χ0v) is 10.6. The van der Waals surface area contributed by atoms with Crippen molar-refractivity contribution in [2.24, 2.45) is 11.7 Å². The monoisotopic (exact) mass is 262 g/mol. The van der Waals surface area contributed by atoms with Gasteiger partial charge in [-0.15, -0.1) is 0 Å². The summed E-state index contributed by atoms with van der Waals surface area (Å²) in [4.78, 5) is 22.6. The smallest absolute Gasteiger partial charge is 0.316 e. The number of anilines is 2. The lowest BCUT2D eigenvalue weighted by atomic mass is 10.0. The van der Waals surface area contributed by atoms with Crippen molar-refractivity contribution in [3.05, 3.63) is 24.3 Å². The Morgan fingerprint density at radius 3 is 2.68 bits per heavy atom. The third-order valence-corrected chi connectivity index (χ3v) is 3.05. The predicted molar refractivity (Wildman–Crippen MR) is 73.9 cm³/mol. The molecule has 1 fully saturated rings. The zero-order valence-electron chi connectivity index (χ0n) is 10.6. The van der Waals surface area contributed by atoms with E-state index in [0.717, 1.165) is 19.5 Å². The van der Waals surface area contributed by atoms with Gasteiger partial charge in [-0.05, 0) is 43.6 Å². The maximum Gasteiger partial charge on any atom is 0.316 e. The molecule has 0 saturated carbocycles. The highest BCUT2D eigenvalue weighted by Crippen LogP contribution is 2.17. The van der Waals surface area contributed by atoms with E-state index < -0.39 is 6.03 Å². The van der Waals surface area contributed by atoms with Crippen molar-refractivity contribution in [2.75, 3.05) is 23.7 Å². The Labute approximate surface area is 111 Å². The van der Waals surface area contributed by atoms with E-state index in [0.29, 0.717) is 23.7 Å². The molecule has 6 nitrogen and oxygen atoms in total. The van der Waals surface area contributed by atoms with Crippen LogP contribution in [0.15, 0.2) is 24.3 Å². The Bertz CT molecular complexity index is 469. The predicted octanol–water partition coefficient (Wildman–Crippen LogP) is 1.12. The van der Waals surface area contributed by atoms with Crippen molar-refractivity contribution in [3.63, 3.8) is 0 Å². The van der Waals surface area contributed by atoms with Crippen LogP contribution in [0.1, 0.15) is 12.8 Å². The number of nitrogens with one attached hydrogen (secondary N) is 3. The highest BCUT2D eigenvalue weighted by Gasteiger charge is 2.17. The van der Waals surface area contributed by atoms with E-state index in [4.69, 9.17) is 5.73 Å². The molecule has 6 heteroatoms. The van der Waals surface area contributed by atoms with Gasteiger partial charge in [-0.25, -0.2) is 4.79 Å². The molecule has 1 unspecified atom stereocenters. The summed E-state index contributed by atoms with van der Waals surface area (Å²) in [5.74, 6) is 0.400. The van der Waals surface area contributed by atoms with Crippen molar-refractivity contribution in [1.82, 2.24) is 5.32 Å². The van der Waals surface area contributed by atoms with Crippen molar-refractivity contribution < 1.29 is 9.59 Å². The van der Waals surface area contributed by atoms with Crippen molar-refractivity contribution in [3.8, 4) is 0 Å². The highest BCUT2D eigenvalue weighted by molar-refractivity contribution is 5.93. The van der Waals surface area contributed by atoms with Crippen LogP contribution in [0.3, 0.4) is 0 Å². The Morgan fingerprint density at radius 1 is 1.32 bits per heavy atom. The van der Waals surface area contributed by atoms with Gasteiger partial charge in [0, 0.05) is 17.8 Å². The molecule has 1 atom stereocenters. The lowest BCUT2D eigenvalue weighted by Crippen LogP contribution is -2.20. The Hall–Kier alpha value is -2.08. The standard InChI is InChI=1S/C13H18N4O2/c14-13(19)17-11-3-1-2-10(7-11)16-12(18)6-9-4-5-15-8-9/h1-3,7,9,15H,4-6,8H2,(H,16,18)(H3,14,17,19). The quantitative estimate of drug-likeness (QED) is 0.654. The first kappa shape index (κ1) is 13.4. The number of rotatable bonds is 4. The van der Waals surface area contributed by atoms with Gasteiger partial charge in [-0.2, -0.15) is 0 Å². The van der Waals surface area contributed by atoms with Gasteiger partial charge in [0.15, 0.2) is 0 Å². The molecule has 1 aromatic rings. The summed E-state index contributed by atoms with van der Waals surface area (Å²) in [6.45, 7) is 1.88. The Kier molecular flexibility index (Phi) is 4.35. The number of carbonyl (C=O) groups excluding carboxylic acids is 2. The second-order valence-electron chi connectivity index (χ2n) is 4.68. The summed E-state index contributed by atoms with van der Waals surface area (Å²) in [6.07, 6.45) is 1.55. The van der Waals surface area contributed by atoms with Gasteiger partial charge in [0.2, 0.25) is 5.91 Å². The topological polar surface area (TPSA) is 96.2 Å². The molecule has 5 N–H and O–H groups in total. The number of carbonyl (C=O) groups is 2. The van der Waals surface area contributed by atoms with Gasteiger partial charge < -0.3 is 21.7 Å². The number of amides is 3. The Morgan fingerprint density at radius 2 is 2.05 bits per heavy atom. The van der Waals surface area contributed by atoms with Crippen LogP contribution in [0.5, 0.6) is 0 Å². The van der Waals surface area contributed by atoms with Crippen LogP contribution in [0, 0.1) is 5.92 Å². The van der Waals surface area contributed by atoms with Crippen molar-refractivity contribution in [2.45, 2.75) is 12.8 Å². The summed E-state index contributed by atoms with van der Waals surface area (Å²) in [5.41, 5.74) is 6.26. The summed E-state index contributed by atoms with van der Waals surface area (Å²) < 4.78 is 0. The molecule has 1 aliphatic heterocycles. The minimum absolute atomic E-state index is 0.00933. The minimum atomic E-state index is -0.625. The van der Waals surface area contributed by atoms with Crippen LogP contribution in [-0.4, -0.2) is 25.0 Å². The minimum Gasteiger partial charge on any atom is -0.351 e. The number of primary amides is 1. The first-order valence-electron chi connectivity index (χ1n) is 6.30. The molecule has 19 heavy (non-hydrogen) atoms. The maximum absolute atomic E-state index is 11.9. The number of nitrogens with two attached hydrogens (primary N) is 1. The van der Waals surface area contributed by atoms with Gasteiger partial charge in [0.05, 0.1) is 0 Å². The normalized spacial score (nSPS) is 18.0. The van der Waals surface area contributed by atoms with Gasteiger partial charge >= 0.3 is 6.03 Å². The molecule has 0 aromatic heterocycles. The van der Waals surface area contributed by atoms with Crippen LogP contribution in [-0.2, 0) is 4.79 Å². The Balaban J connectivity index is 1.90. The van der Waals surface area contributed by atoms with E-state index >= 15 is 0 Å². The first-order valence-corrected chi connectivity index (χ1v) is 6.30. The van der Waals surface area contributed by atoms with E-state index in [9.17, 15) is 9.59 Å². The van der Waals surface area contributed by atoms with E-state index in [2.05, 4.69) is 16.0 Å². The largest absolute Gasteiger partial charge is 0.351 e. The number of benzene rings is 1. The fraction of sp³-hybridized carbons (Fsp3) is 0.385. The summed E-state index contributed by atoms with van der Waals surface area (Å²) >= 11 is 0. The summed E-state index contributed by atoms with van der Waals surface area (Å²) in [6, 6.07) is 6.28. The molecule has 2 rings (SSSR count). The van der Waals surface area contributed by atoms with Crippen molar-refractivity contribution in [1.29, 1.82) is 0 Å².